The molecule has 2 rings (SSSR count). The first-order valence-electron chi connectivity index (χ1n) is 8.46. The van der Waals surface area contributed by atoms with Crippen LogP contribution in [0.1, 0.15) is 52.9 Å². The van der Waals surface area contributed by atoms with Gasteiger partial charge in [-0.1, -0.05) is 6.42 Å². The van der Waals surface area contributed by atoms with Crippen molar-refractivity contribution in [1.29, 1.82) is 0 Å². The zero-order valence-corrected chi connectivity index (χ0v) is 14.1. The van der Waals surface area contributed by atoms with Crippen LogP contribution in [0.2, 0.25) is 0 Å². The van der Waals surface area contributed by atoms with E-state index in [1.165, 1.54) is 0 Å². The van der Waals surface area contributed by atoms with Crippen molar-refractivity contribution in [3.63, 3.8) is 0 Å². The van der Waals surface area contributed by atoms with Crippen LogP contribution in [0.25, 0.3) is 0 Å². The summed E-state index contributed by atoms with van der Waals surface area (Å²) in [5.41, 5.74) is -0.436. The van der Waals surface area contributed by atoms with Crippen molar-refractivity contribution < 1.29 is 14.3 Å². The Hall–Kier alpha value is -1.23. The van der Waals surface area contributed by atoms with Crippen molar-refractivity contribution in [3.05, 3.63) is 12.3 Å². The molecule has 1 N–H and O–H groups in total. The van der Waals surface area contributed by atoms with Crippen molar-refractivity contribution in [3.8, 4) is 0 Å². The molecule has 0 saturated carbocycles. The van der Waals surface area contributed by atoms with E-state index in [0.717, 1.165) is 51.7 Å². The highest BCUT2D eigenvalue weighted by Crippen LogP contribution is 2.16. The minimum atomic E-state index is -0.436. The molecule has 2 unspecified atom stereocenters. The molecule has 0 bridgehead atoms. The highest BCUT2D eigenvalue weighted by Gasteiger charge is 2.26. The van der Waals surface area contributed by atoms with Gasteiger partial charge in [0.25, 0.3) is 0 Å². The zero-order chi connectivity index (χ0) is 16.0. The molecule has 2 aliphatic rings. The standard InChI is InChI=1S/C17H30N2O3/c1-17(2,3)22-16(20)19-10-6-4-8-14(13-19)18-12-15-9-5-7-11-21-15/h7,11,14-15,18H,4-6,8-10,12-13H2,1-3H3. The van der Waals surface area contributed by atoms with Gasteiger partial charge in [-0.25, -0.2) is 4.79 Å². The maximum Gasteiger partial charge on any atom is 0.410 e. The first kappa shape index (κ1) is 17.1. The number of amides is 1. The third-order valence-corrected chi connectivity index (χ3v) is 3.98. The molecule has 0 aromatic rings. The summed E-state index contributed by atoms with van der Waals surface area (Å²) in [5.74, 6) is 0. The van der Waals surface area contributed by atoms with E-state index in [9.17, 15) is 4.79 Å². The Morgan fingerprint density at radius 3 is 2.86 bits per heavy atom. The molecule has 1 fully saturated rings. The maximum absolute atomic E-state index is 12.3. The van der Waals surface area contributed by atoms with Crippen LogP contribution in [-0.2, 0) is 9.47 Å². The van der Waals surface area contributed by atoms with Crippen LogP contribution in [0.3, 0.4) is 0 Å². The second-order valence-electron chi connectivity index (χ2n) is 7.23. The number of rotatable bonds is 3. The molecule has 0 aromatic heterocycles. The molecule has 0 spiro atoms. The Morgan fingerprint density at radius 2 is 2.18 bits per heavy atom. The van der Waals surface area contributed by atoms with Crippen LogP contribution in [0, 0.1) is 0 Å². The second-order valence-corrected chi connectivity index (χ2v) is 7.23. The fraction of sp³-hybridized carbons (Fsp3) is 0.824. The van der Waals surface area contributed by atoms with Crippen LogP contribution in [0.5, 0.6) is 0 Å². The number of nitrogens with one attached hydrogen (secondary N) is 1. The summed E-state index contributed by atoms with van der Waals surface area (Å²) in [6, 6.07) is 0.324. The van der Waals surface area contributed by atoms with Crippen LogP contribution in [0.4, 0.5) is 4.79 Å². The molecule has 5 nitrogen and oxygen atoms in total. The number of allylic oxidation sites excluding steroid dienone is 1. The quantitative estimate of drug-likeness (QED) is 0.870. The Kier molecular flexibility index (Phi) is 6.12. The van der Waals surface area contributed by atoms with Gasteiger partial charge in [0.1, 0.15) is 11.7 Å². The average Bonchev–Trinajstić information content (AvgIpc) is 2.70. The van der Waals surface area contributed by atoms with E-state index in [4.69, 9.17) is 9.47 Å². The fourth-order valence-electron chi connectivity index (χ4n) is 2.83. The van der Waals surface area contributed by atoms with Gasteiger partial charge in [0.05, 0.1) is 6.26 Å². The molecule has 1 saturated heterocycles. The van der Waals surface area contributed by atoms with Gasteiger partial charge in [-0.2, -0.15) is 0 Å². The minimum Gasteiger partial charge on any atom is -0.497 e. The number of hydrogen-bond acceptors (Lipinski definition) is 4. The highest BCUT2D eigenvalue weighted by atomic mass is 16.6. The van der Waals surface area contributed by atoms with E-state index in [1.54, 1.807) is 6.26 Å². The van der Waals surface area contributed by atoms with Crippen molar-refractivity contribution in [2.75, 3.05) is 19.6 Å². The number of likely N-dealkylation sites (tertiary alicyclic amines) is 1. The molecule has 2 atom stereocenters. The Bertz CT molecular complexity index is 390. The third kappa shape index (κ3) is 5.87. The van der Waals surface area contributed by atoms with Gasteiger partial charge in [-0.05, 0) is 52.5 Å². The van der Waals surface area contributed by atoms with Gasteiger partial charge in [0, 0.05) is 25.7 Å². The predicted molar refractivity (Wildman–Crippen MR) is 86.7 cm³/mol. The predicted octanol–water partition coefficient (Wildman–Crippen LogP) is 3.06. The highest BCUT2D eigenvalue weighted by molar-refractivity contribution is 5.68. The summed E-state index contributed by atoms with van der Waals surface area (Å²) < 4.78 is 11.1. The summed E-state index contributed by atoms with van der Waals surface area (Å²) in [6.45, 7) is 8.08. The lowest BCUT2D eigenvalue weighted by molar-refractivity contribution is 0.0241. The summed E-state index contributed by atoms with van der Waals surface area (Å²) in [4.78, 5) is 14.1. The third-order valence-electron chi connectivity index (χ3n) is 3.98. The van der Waals surface area contributed by atoms with Crippen molar-refractivity contribution in [2.24, 2.45) is 0 Å². The van der Waals surface area contributed by atoms with Crippen molar-refractivity contribution >= 4 is 6.09 Å². The SMILES string of the molecule is CC(C)(C)OC(=O)N1CCCCC(NCC2CCC=CO2)C1. The molecule has 2 aliphatic heterocycles. The van der Waals surface area contributed by atoms with Crippen LogP contribution < -0.4 is 5.32 Å². The average molecular weight is 310 g/mol. The molecule has 0 aromatic carbocycles. The Balaban J connectivity index is 1.81. The van der Waals surface area contributed by atoms with Crippen LogP contribution >= 0.6 is 0 Å². The zero-order valence-electron chi connectivity index (χ0n) is 14.1. The van der Waals surface area contributed by atoms with Crippen molar-refractivity contribution in [1.82, 2.24) is 10.2 Å². The molecule has 22 heavy (non-hydrogen) atoms. The van der Waals surface area contributed by atoms with E-state index in [0.29, 0.717) is 6.04 Å². The van der Waals surface area contributed by atoms with E-state index in [-0.39, 0.29) is 12.2 Å². The molecular weight excluding hydrogens is 280 g/mol. The summed E-state index contributed by atoms with van der Waals surface area (Å²) in [6.07, 6.45) is 9.35. The molecule has 1 amide bonds. The largest absolute Gasteiger partial charge is 0.497 e. The minimum absolute atomic E-state index is 0.196. The first-order valence-corrected chi connectivity index (χ1v) is 8.46. The lowest BCUT2D eigenvalue weighted by Crippen LogP contribution is -2.46. The smallest absolute Gasteiger partial charge is 0.410 e. The maximum atomic E-state index is 12.3. The van der Waals surface area contributed by atoms with E-state index < -0.39 is 5.60 Å². The lowest BCUT2D eigenvalue weighted by atomic mass is 10.1. The fourth-order valence-corrected chi connectivity index (χ4v) is 2.83. The monoisotopic (exact) mass is 310 g/mol. The van der Waals surface area contributed by atoms with Gasteiger partial charge in [0.15, 0.2) is 0 Å². The van der Waals surface area contributed by atoms with E-state index in [1.807, 2.05) is 25.7 Å². The Labute approximate surface area is 134 Å². The number of carbonyl (C=O) groups excluding carboxylic acids is 1. The van der Waals surface area contributed by atoms with Gasteiger partial charge in [-0.15, -0.1) is 0 Å². The molecule has 0 radical (unpaired) electrons. The number of nitrogens with zero attached hydrogens (tertiary/aromatic N) is 1. The Morgan fingerprint density at radius 1 is 1.36 bits per heavy atom. The second kappa shape index (κ2) is 7.86. The molecule has 126 valence electrons. The summed E-state index contributed by atoms with van der Waals surface area (Å²) in [7, 11) is 0. The first-order chi connectivity index (χ1) is 10.4. The molecule has 5 heteroatoms. The topological polar surface area (TPSA) is 50.8 Å². The van der Waals surface area contributed by atoms with Gasteiger partial charge >= 0.3 is 6.09 Å². The normalized spacial score (nSPS) is 26.2. The number of ether oxygens (including phenoxy) is 2. The lowest BCUT2D eigenvalue weighted by Gasteiger charge is -2.29. The van der Waals surface area contributed by atoms with Gasteiger partial charge < -0.3 is 19.7 Å². The number of hydrogen-bond donors (Lipinski definition) is 1. The molecule has 2 heterocycles. The van der Waals surface area contributed by atoms with Crippen molar-refractivity contribution in [2.45, 2.75) is 70.6 Å². The van der Waals surface area contributed by atoms with Gasteiger partial charge in [0.2, 0.25) is 0 Å². The summed E-state index contributed by atoms with van der Waals surface area (Å²) in [5, 5.41) is 3.57. The van der Waals surface area contributed by atoms with Gasteiger partial charge in [-0.3, -0.25) is 0 Å². The van der Waals surface area contributed by atoms with Crippen LogP contribution in [-0.4, -0.2) is 48.4 Å². The van der Waals surface area contributed by atoms with E-state index >= 15 is 0 Å². The molecular formula is C17H30N2O3. The van der Waals surface area contributed by atoms with Crippen LogP contribution in [0.15, 0.2) is 12.3 Å². The number of carbonyl (C=O) groups is 1. The molecule has 0 aliphatic carbocycles. The summed E-state index contributed by atoms with van der Waals surface area (Å²) >= 11 is 0. The van der Waals surface area contributed by atoms with E-state index in [2.05, 4.69) is 11.4 Å².